The standard InChI is InChI=1S/C30H39N3O4/c1-31-17-9-10-18-32(2)27(34)20-37-26-14-8-7-13-24(26)29-28(21-11-5-4-6-12-21)23-16-15-22(30(35)36)19-25(23)33(29)3/h7-8,13-16,19,21,31H,4-6,9-12,17-18,20H2,1-3H3,(H,35,36). The number of amides is 1. The molecule has 37 heavy (non-hydrogen) atoms. The van der Waals surface area contributed by atoms with Crippen LogP contribution < -0.4 is 10.1 Å². The van der Waals surface area contributed by atoms with Crippen LogP contribution in [0.15, 0.2) is 42.5 Å². The van der Waals surface area contributed by atoms with Crippen LogP contribution in [-0.2, 0) is 11.8 Å². The van der Waals surface area contributed by atoms with E-state index >= 15 is 0 Å². The largest absolute Gasteiger partial charge is 0.483 e. The SMILES string of the molecule is CNCCCCN(C)C(=O)COc1ccccc1-c1c(C2CCCCC2)c2ccc(C(=O)O)cc2n1C. The van der Waals surface area contributed by atoms with Crippen molar-refractivity contribution in [3.05, 3.63) is 53.6 Å². The van der Waals surface area contributed by atoms with E-state index in [1.54, 1.807) is 17.0 Å². The molecule has 0 spiro atoms. The highest BCUT2D eigenvalue weighted by Crippen LogP contribution is 2.45. The molecule has 1 aliphatic carbocycles. The number of carboxylic acids is 1. The van der Waals surface area contributed by atoms with Crippen molar-refractivity contribution in [3.63, 3.8) is 0 Å². The summed E-state index contributed by atoms with van der Waals surface area (Å²) in [5.74, 6) is 0.0958. The summed E-state index contributed by atoms with van der Waals surface area (Å²) in [4.78, 5) is 26.2. The van der Waals surface area contributed by atoms with Gasteiger partial charge in [-0.25, -0.2) is 4.79 Å². The second-order valence-corrected chi connectivity index (χ2v) is 10.1. The molecule has 0 aliphatic heterocycles. The molecule has 0 atom stereocenters. The third-order valence-corrected chi connectivity index (χ3v) is 7.59. The van der Waals surface area contributed by atoms with Gasteiger partial charge in [0.1, 0.15) is 5.75 Å². The van der Waals surface area contributed by atoms with Crippen molar-refractivity contribution >= 4 is 22.8 Å². The van der Waals surface area contributed by atoms with Gasteiger partial charge in [-0.1, -0.05) is 37.5 Å². The van der Waals surface area contributed by atoms with Gasteiger partial charge in [0.05, 0.1) is 11.3 Å². The molecule has 1 amide bonds. The van der Waals surface area contributed by atoms with Gasteiger partial charge in [0, 0.05) is 37.1 Å². The number of hydrogen-bond acceptors (Lipinski definition) is 4. The average Bonchev–Trinajstić information content (AvgIpc) is 3.21. The molecule has 1 aliphatic rings. The predicted molar refractivity (Wildman–Crippen MR) is 147 cm³/mol. The average molecular weight is 506 g/mol. The lowest BCUT2D eigenvalue weighted by Gasteiger charge is -2.24. The summed E-state index contributed by atoms with van der Waals surface area (Å²) in [6.45, 7) is 1.62. The molecule has 198 valence electrons. The van der Waals surface area contributed by atoms with Gasteiger partial charge in [0.2, 0.25) is 0 Å². The van der Waals surface area contributed by atoms with E-state index in [9.17, 15) is 14.7 Å². The van der Waals surface area contributed by atoms with E-state index in [2.05, 4.69) is 9.88 Å². The van der Waals surface area contributed by atoms with Crippen molar-refractivity contribution in [1.82, 2.24) is 14.8 Å². The summed E-state index contributed by atoms with van der Waals surface area (Å²) in [5.41, 5.74) is 4.43. The van der Waals surface area contributed by atoms with Gasteiger partial charge in [-0.3, -0.25) is 4.79 Å². The molecule has 1 heterocycles. The molecular weight excluding hydrogens is 466 g/mol. The number of aromatic nitrogens is 1. The first-order chi connectivity index (χ1) is 17.9. The van der Waals surface area contributed by atoms with E-state index in [-0.39, 0.29) is 18.1 Å². The Hall–Kier alpha value is -3.32. The number of hydrogen-bond donors (Lipinski definition) is 2. The van der Waals surface area contributed by atoms with Gasteiger partial charge in [-0.2, -0.15) is 0 Å². The summed E-state index contributed by atoms with van der Waals surface area (Å²) in [6, 6.07) is 13.3. The Morgan fingerprint density at radius 3 is 2.59 bits per heavy atom. The van der Waals surface area contributed by atoms with E-state index in [1.807, 2.05) is 51.5 Å². The number of nitrogens with zero attached hydrogens (tertiary/aromatic N) is 2. The maximum absolute atomic E-state index is 12.8. The number of carbonyl (C=O) groups is 2. The molecule has 1 aromatic heterocycles. The number of nitrogens with one attached hydrogen (secondary N) is 1. The number of para-hydroxylation sites is 1. The molecule has 4 rings (SSSR count). The molecule has 0 radical (unpaired) electrons. The Labute approximate surface area is 219 Å². The van der Waals surface area contributed by atoms with Crippen molar-refractivity contribution in [2.24, 2.45) is 7.05 Å². The summed E-state index contributed by atoms with van der Waals surface area (Å²) in [6.07, 6.45) is 7.84. The first-order valence-electron chi connectivity index (χ1n) is 13.4. The maximum atomic E-state index is 12.8. The number of likely N-dealkylation sites (N-methyl/N-ethyl adjacent to an activating group) is 1. The second-order valence-electron chi connectivity index (χ2n) is 10.1. The molecule has 1 saturated carbocycles. The van der Waals surface area contributed by atoms with Crippen LogP contribution in [0.3, 0.4) is 0 Å². The van der Waals surface area contributed by atoms with Crippen molar-refractivity contribution in [2.45, 2.75) is 50.9 Å². The van der Waals surface area contributed by atoms with E-state index in [4.69, 9.17) is 4.74 Å². The molecule has 0 saturated heterocycles. The lowest BCUT2D eigenvalue weighted by molar-refractivity contribution is -0.132. The van der Waals surface area contributed by atoms with E-state index in [0.29, 0.717) is 18.2 Å². The van der Waals surface area contributed by atoms with Crippen LogP contribution in [0.5, 0.6) is 5.75 Å². The number of unbranched alkanes of at least 4 members (excludes halogenated alkanes) is 1. The highest BCUT2D eigenvalue weighted by molar-refractivity contribution is 5.98. The van der Waals surface area contributed by atoms with Crippen molar-refractivity contribution in [1.29, 1.82) is 0 Å². The van der Waals surface area contributed by atoms with Gasteiger partial charge in [-0.15, -0.1) is 0 Å². The summed E-state index contributed by atoms with van der Waals surface area (Å²) in [7, 11) is 5.75. The molecule has 0 unspecified atom stereocenters. The summed E-state index contributed by atoms with van der Waals surface area (Å²) < 4.78 is 8.25. The van der Waals surface area contributed by atoms with Gasteiger partial charge >= 0.3 is 5.97 Å². The van der Waals surface area contributed by atoms with Gasteiger partial charge in [0.25, 0.3) is 5.91 Å². The number of benzene rings is 2. The Morgan fingerprint density at radius 2 is 1.86 bits per heavy atom. The molecule has 1 fully saturated rings. The predicted octanol–water partition coefficient (Wildman–Crippen LogP) is 5.43. The zero-order chi connectivity index (χ0) is 26.4. The van der Waals surface area contributed by atoms with Crippen LogP contribution in [0.25, 0.3) is 22.2 Å². The van der Waals surface area contributed by atoms with Crippen LogP contribution >= 0.6 is 0 Å². The molecule has 7 nitrogen and oxygen atoms in total. The fourth-order valence-electron chi connectivity index (χ4n) is 5.54. The zero-order valence-corrected chi connectivity index (χ0v) is 22.3. The van der Waals surface area contributed by atoms with Gasteiger partial charge in [-0.05, 0) is 75.0 Å². The zero-order valence-electron chi connectivity index (χ0n) is 22.3. The van der Waals surface area contributed by atoms with Crippen LogP contribution in [0.2, 0.25) is 0 Å². The first-order valence-corrected chi connectivity index (χ1v) is 13.4. The first kappa shape index (κ1) is 26.7. The van der Waals surface area contributed by atoms with Crippen molar-refractivity contribution in [2.75, 3.05) is 33.8 Å². The van der Waals surface area contributed by atoms with E-state index in [0.717, 1.165) is 54.4 Å². The Kier molecular flexibility index (Phi) is 8.87. The fourth-order valence-corrected chi connectivity index (χ4v) is 5.54. The van der Waals surface area contributed by atoms with E-state index in [1.165, 1.54) is 24.8 Å². The number of carboxylic acid groups (broad SMARTS) is 1. The Morgan fingerprint density at radius 1 is 1.11 bits per heavy atom. The minimum Gasteiger partial charge on any atom is -0.483 e. The third kappa shape index (κ3) is 5.99. The highest BCUT2D eigenvalue weighted by atomic mass is 16.5. The molecule has 0 bridgehead atoms. The smallest absolute Gasteiger partial charge is 0.335 e. The minimum absolute atomic E-state index is 0.0224. The highest BCUT2D eigenvalue weighted by Gasteiger charge is 2.27. The van der Waals surface area contributed by atoms with Gasteiger partial charge < -0.3 is 24.6 Å². The lowest BCUT2D eigenvalue weighted by Crippen LogP contribution is -2.32. The number of fused-ring (bicyclic) bond motifs is 1. The van der Waals surface area contributed by atoms with Crippen LogP contribution in [0, 0.1) is 0 Å². The molecule has 2 N–H and O–H groups in total. The molecule has 2 aromatic carbocycles. The minimum atomic E-state index is -0.929. The second kappa shape index (κ2) is 12.3. The third-order valence-electron chi connectivity index (χ3n) is 7.59. The fraction of sp³-hybridized carbons (Fsp3) is 0.467. The van der Waals surface area contributed by atoms with Crippen LogP contribution in [0.4, 0.5) is 0 Å². The number of carbonyl (C=O) groups excluding carboxylic acids is 1. The number of rotatable bonds is 11. The monoisotopic (exact) mass is 505 g/mol. The van der Waals surface area contributed by atoms with Crippen LogP contribution in [-0.4, -0.2) is 60.2 Å². The van der Waals surface area contributed by atoms with E-state index < -0.39 is 5.97 Å². The molecular formula is C30H39N3O4. The quantitative estimate of drug-likeness (QED) is 0.340. The molecule has 3 aromatic rings. The normalized spacial score (nSPS) is 14.1. The summed E-state index contributed by atoms with van der Waals surface area (Å²) >= 11 is 0. The van der Waals surface area contributed by atoms with Crippen molar-refractivity contribution in [3.8, 4) is 17.0 Å². The van der Waals surface area contributed by atoms with Crippen molar-refractivity contribution < 1.29 is 19.4 Å². The number of ether oxygens (including phenoxy) is 1. The Bertz CT molecular complexity index is 1240. The molecule has 7 heteroatoms. The number of aromatic carboxylic acids is 1. The number of aryl methyl sites for hydroxylation is 1. The summed E-state index contributed by atoms with van der Waals surface area (Å²) in [5, 5.41) is 13.8. The van der Waals surface area contributed by atoms with Gasteiger partial charge in [0.15, 0.2) is 6.61 Å². The lowest BCUT2D eigenvalue weighted by atomic mass is 9.81. The van der Waals surface area contributed by atoms with Crippen LogP contribution in [0.1, 0.15) is 66.8 Å². The maximum Gasteiger partial charge on any atom is 0.335 e. The topological polar surface area (TPSA) is 83.8 Å². The Balaban J connectivity index is 1.68.